The third-order valence-electron chi connectivity index (χ3n) is 5.28. The molecule has 1 aromatic carbocycles. The monoisotopic (exact) mass is 477 g/mol. The molecule has 0 aliphatic carbocycles. The van der Waals surface area contributed by atoms with E-state index in [1.165, 1.54) is 19.1 Å². The quantitative estimate of drug-likeness (QED) is 0.365. The van der Waals surface area contributed by atoms with Gasteiger partial charge in [-0.15, -0.1) is 6.42 Å². The van der Waals surface area contributed by atoms with E-state index in [2.05, 4.69) is 12.5 Å². The predicted octanol–water partition coefficient (Wildman–Crippen LogP) is 6.72. The second kappa shape index (κ2) is 12.1. The van der Waals surface area contributed by atoms with Crippen molar-refractivity contribution in [3.05, 3.63) is 47.5 Å². The number of piperidine rings is 1. The van der Waals surface area contributed by atoms with E-state index in [9.17, 15) is 31.1 Å². The van der Waals surface area contributed by atoms with E-state index in [-0.39, 0.29) is 18.9 Å². The molecular weight excluding hydrogens is 448 g/mol. The number of alkyl halides is 6. The largest absolute Gasteiger partial charge is 0.481 e. The summed E-state index contributed by atoms with van der Waals surface area (Å²) in [5.41, 5.74) is 0.540. The van der Waals surface area contributed by atoms with E-state index in [4.69, 9.17) is 11.5 Å². The summed E-state index contributed by atoms with van der Waals surface area (Å²) in [7, 11) is 0. The van der Waals surface area contributed by atoms with Gasteiger partial charge in [-0.3, -0.25) is 9.69 Å². The summed E-state index contributed by atoms with van der Waals surface area (Å²) in [5, 5.41) is 9.02. The molecule has 1 aliphatic rings. The molecule has 0 radical (unpaired) electrons. The molecule has 184 valence electrons. The fourth-order valence-electron chi connectivity index (χ4n) is 3.84. The van der Waals surface area contributed by atoms with Gasteiger partial charge in [0.2, 0.25) is 0 Å². The Balaban J connectivity index is 0.000000981. The van der Waals surface area contributed by atoms with Crippen LogP contribution >= 0.6 is 0 Å². The van der Waals surface area contributed by atoms with Crippen LogP contribution in [0.2, 0.25) is 0 Å². The SMILES string of the molecule is C#CC(=C)C.CC(CN1CCC(CC(=O)O)CC1c1ccc(C(F)(F)F)cc1)CC(F)(F)F. The summed E-state index contributed by atoms with van der Waals surface area (Å²) in [6.45, 7) is 7.27. The Hall–Kier alpha value is -2.47. The lowest BCUT2D eigenvalue weighted by Crippen LogP contribution is -2.40. The molecule has 0 saturated carbocycles. The number of hydrogen-bond acceptors (Lipinski definition) is 2. The molecule has 1 saturated heterocycles. The number of carbonyl (C=O) groups is 1. The van der Waals surface area contributed by atoms with Gasteiger partial charge in [0, 0.05) is 25.4 Å². The number of carboxylic acid groups (broad SMARTS) is 1. The van der Waals surface area contributed by atoms with Crippen molar-refractivity contribution in [3.8, 4) is 12.3 Å². The Morgan fingerprint density at radius 3 is 2.21 bits per heavy atom. The van der Waals surface area contributed by atoms with Crippen molar-refractivity contribution >= 4 is 5.97 Å². The fourth-order valence-corrected chi connectivity index (χ4v) is 3.84. The molecule has 3 atom stereocenters. The third-order valence-corrected chi connectivity index (χ3v) is 5.28. The molecule has 1 aromatic rings. The summed E-state index contributed by atoms with van der Waals surface area (Å²) in [5.74, 6) is 0.530. The molecule has 9 heteroatoms. The first-order chi connectivity index (χ1) is 15.1. The highest BCUT2D eigenvalue weighted by atomic mass is 19.4. The summed E-state index contributed by atoms with van der Waals surface area (Å²) in [6.07, 6.45) is -4.03. The average molecular weight is 477 g/mol. The second-order valence-electron chi connectivity index (χ2n) is 8.47. The summed E-state index contributed by atoms with van der Waals surface area (Å²) >= 11 is 0. The maximum atomic E-state index is 12.8. The first-order valence-corrected chi connectivity index (χ1v) is 10.4. The number of halogens is 6. The Morgan fingerprint density at radius 2 is 1.79 bits per heavy atom. The molecule has 0 spiro atoms. The van der Waals surface area contributed by atoms with Crippen LogP contribution in [0.25, 0.3) is 0 Å². The minimum atomic E-state index is -4.47. The average Bonchev–Trinajstić information content (AvgIpc) is 2.67. The van der Waals surface area contributed by atoms with E-state index in [1.807, 2.05) is 4.90 Å². The third kappa shape index (κ3) is 10.8. The van der Waals surface area contributed by atoms with Gasteiger partial charge >= 0.3 is 18.3 Å². The fraction of sp³-hybridized carbons (Fsp3) is 0.542. The van der Waals surface area contributed by atoms with Gasteiger partial charge in [-0.25, -0.2) is 0 Å². The molecule has 0 amide bonds. The zero-order chi connectivity index (χ0) is 25.4. The number of allylic oxidation sites excluding steroid dienone is 1. The normalized spacial score (nSPS) is 20.2. The van der Waals surface area contributed by atoms with E-state index >= 15 is 0 Å². The Bertz CT molecular complexity index is 823. The second-order valence-corrected chi connectivity index (χ2v) is 8.47. The standard InChI is InChI=1S/C19H23F6NO2.C5H6/c1-12(10-18(20,21)22)11-26-7-6-13(9-17(27)28)8-16(26)14-2-4-15(5-3-14)19(23,24)25;1-4-5(2)3/h2-5,12-13,16H,6-11H2,1H3,(H,27,28);1H,2H2,3H3. The van der Waals surface area contributed by atoms with Crippen LogP contribution in [0, 0.1) is 24.2 Å². The minimum Gasteiger partial charge on any atom is -0.481 e. The van der Waals surface area contributed by atoms with Gasteiger partial charge < -0.3 is 5.11 Å². The smallest absolute Gasteiger partial charge is 0.416 e. The van der Waals surface area contributed by atoms with Crippen molar-refractivity contribution in [3.63, 3.8) is 0 Å². The summed E-state index contributed by atoms with van der Waals surface area (Å²) in [4.78, 5) is 12.8. The molecule has 0 bridgehead atoms. The highest BCUT2D eigenvalue weighted by Gasteiger charge is 2.36. The number of carboxylic acids is 1. The highest BCUT2D eigenvalue weighted by molar-refractivity contribution is 5.67. The molecule has 0 aromatic heterocycles. The molecule has 2 rings (SSSR count). The molecular formula is C24H29F6NO2. The van der Waals surface area contributed by atoms with Crippen molar-refractivity contribution in [2.24, 2.45) is 11.8 Å². The molecule has 1 heterocycles. The van der Waals surface area contributed by atoms with Gasteiger partial charge in [0.1, 0.15) is 0 Å². The topological polar surface area (TPSA) is 40.5 Å². The predicted molar refractivity (Wildman–Crippen MR) is 114 cm³/mol. The molecule has 3 unspecified atom stereocenters. The lowest BCUT2D eigenvalue weighted by Gasteiger charge is -2.41. The van der Waals surface area contributed by atoms with Crippen LogP contribution in [0.3, 0.4) is 0 Å². The van der Waals surface area contributed by atoms with Crippen molar-refractivity contribution in [2.75, 3.05) is 13.1 Å². The number of aliphatic carboxylic acids is 1. The highest BCUT2D eigenvalue weighted by Crippen LogP contribution is 2.38. The lowest BCUT2D eigenvalue weighted by atomic mass is 9.84. The van der Waals surface area contributed by atoms with Gasteiger partial charge in [-0.05, 0) is 61.4 Å². The molecule has 3 nitrogen and oxygen atoms in total. The maximum absolute atomic E-state index is 12.8. The molecule has 33 heavy (non-hydrogen) atoms. The van der Waals surface area contributed by atoms with Crippen LogP contribution in [0.1, 0.15) is 56.7 Å². The Labute approximate surface area is 190 Å². The number of nitrogens with zero attached hydrogens (tertiary/aromatic N) is 1. The van der Waals surface area contributed by atoms with E-state index in [0.29, 0.717) is 24.9 Å². The first kappa shape index (κ1) is 28.6. The Morgan fingerprint density at radius 1 is 1.24 bits per heavy atom. The van der Waals surface area contributed by atoms with Gasteiger partial charge in [-0.1, -0.05) is 31.6 Å². The molecule has 1 aliphatic heterocycles. The number of likely N-dealkylation sites (tertiary alicyclic amines) is 1. The Kier molecular flexibility index (Phi) is 10.5. The van der Waals surface area contributed by atoms with E-state index < -0.39 is 42.3 Å². The lowest BCUT2D eigenvalue weighted by molar-refractivity contribution is -0.146. The minimum absolute atomic E-state index is 0.0664. The molecule has 1 fully saturated rings. The van der Waals surface area contributed by atoms with Crippen LogP contribution in [-0.2, 0) is 11.0 Å². The van der Waals surface area contributed by atoms with Crippen LogP contribution in [-0.4, -0.2) is 35.2 Å². The molecule has 1 N–H and O–H groups in total. The van der Waals surface area contributed by atoms with Crippen molar-refractivity contribution in [1.82, 2.24) is 4.90 Å². The number of benzene rings is 1. The van der Waals surface area contributed by atoms with Crippen LogP contribution in [0.5, 0.6) is 0 Å². The maximum Gasteiger partial charge on any atom is 0.416 e. The number of terminal acetylenes is 1. The zero-order valence-corrected chi connectivity index (χ0v) is 18.6. The summed E-state index contributed by atoms with van der Waals surface area (Å²) < 4.78 is 76.3. The van der Waals surface area contributed by atoms with E-state index in [1.54, 1.807) is 6.92 Å². The summed E-state index contributed by atoms with van der Waals surface area (Å²) in [6, 6.07) is 4.16. The van der Waals surface area contributed by atoms with Crippen LogP contribution in [0.4, 0.5) is 26.3 Å². The number of rotatable bonds is 6. The van der Waals surface area contributed by atoms with Crippen molar-refractivity contribution in [1.29, 1.82) is 0 Å². The van der Waals surface area contributed by atoms with Crippen LogP contribution < -0.4 is 0 Å². The van der Waals surface area contributed by atoms with Crippen molar-refractivity contribution in [2.45, 2.75) is 57.9 Å². The van der Waals surface area contributed by atoms with Gasteiger partial charge in [0.15, 0.2) is 0 Å². The van der Waals surface area contributed by atoms with Crippen molar-refractivity contribution < 1.29 is 36.2 Å². The first-order valence-electron chi connectivity index (χ1n) is 10.4. The van der Waals surface area contributed by atoms with Gasteiger partial charge in [0.05, 0.1) is 5.56 Å². The van der Waals surface area contributed by atoms with Gasteiger partial charge in [0.25, 0.3) is 0 Å². The van der Waals surface area contributed by atoms with Gasteiger partial charge in [-0.2, -0.15) is 26.3 Å². The zero-order valence-electron chi connectivity index (χ0n) is 18.6. The van der Waals surface area contributed by atoms with E-state index in [0.717, 1.165) is 17.7 Å². The van der Waals surface area contributed by atoms with Crippen LogP contribution in [0.15, 0.2) is 36.4 Å². The number of hydrogen-bond donors (Lipinski definition) is 1.